The Morgan fingerprint density at radius 1 is 1.36 bits per heavy atom. The summed E-state index contributed by atoms with van der Waals surface area (Å²) in [7, 11) is -2.58. The molecular weight excluding hydrogens is 331 g/mol. The maximum atomic E-state index is 12.8. The first-order chi connectivity index (χ1) is 10.3. The molecule has 0 saturated heterocycles. The molecule has 0 bridgehead atoms. The molecule has 0 spiro atoms. The fourth-order valence-electron chi connectivity index (χ4n) is 1.63. The average Bonchev–Trinajstić information content (AvgIpc) is 2.78. The lowest BCUT2D eigenvalue weighted by atomic mass is 10.3. The van der Waals surface area contributed by atoms with Crippen molar-refractivity contribution in [1.29, 1.82) is 0 Å². The minimum Gasteiger partial charge on any atom is -0.469 e. The number of rotatable bonds is 5. The summed E-state index contributed by atoms with van der Waals surface area (Å²) in [5, 5.41) is 0.140. The molecule has 1 N–H and O–H groups in total. The van der Waals surface area contributed by atoms with Crippen LogP contribution in [0.15, 0.2) is 29.2 Å². The summed E-state index contributed by atoms with van der Waals surface area (Å²) in [5.41, 5.74) is 0.548. The number of sulfonamides is 1. The zero-order valence-electron chi connectivity index (χ0n) is 11.8. The van der Waals surface area contributed by atoms with Gasteiger partial charge in [0.1, 0.15) is 5.82 Å². The first-order valence-corrected chi connectivity index (χ1v) is 8.43. The third kappa shape index (κ3) is 3.80. The number of halogens is 1. The van der Waals surface area contributed by atoms with Crippen molar-refractivity contribution in [3.8, 4) is 0 Å². The van der Waals surface area contributed by atoms with E-state index in [1.54, 1.807) is 6.92 Å². The van der Waals surface area contributed by atoms with E-state index in [4.69, 9.17) is 0 Å². The molecule has 1 heterocycles. The monoisotopic (exact) mass is 344 g/mol. The number of nitrogens with zero attached hydrogens (tertiary/aromatic N) is 1. The highest BCUT2D eigenvalue weighted by atomic mass is 32.2. The molecule has 0 aliphatic carbocycles. The highest BCUT2D eigenvalue weighted by molar-refractivity contribution is 7.93. The van der Waals surface area contributed by atoms with Crippen molar-refractivity contribution in [3.05, 3.63) is 40.7 Å². The van der Waals surface area contributed by atoms with Crippen LogP contribution >= 0.6 is 11.3 Å². The van der Waals surface area contributed by atoms with E-state index in [1.807, 2.05) is 0 Å². The highest BCUT2D eigenvalue weighted by Gasteiger charge is 2.18. The number of methoxy groups -OCH3 is 1. The number of benzene rings is 1. The van der Waals surface area contributed by atoms with Crippen LogP contribution in [0.25, 0.3) is 0 Å². The second-order valence-corrected chi connectivity index (χ2v) is 7.11. The summed E-state index contributed by atoms with van der Waals surface area (Å²) in [4.78, 5) is 15.9. The molecule has 0 aliphatic rings. The molecule has 22 heavy (non-hydrogen) atoms. The van der Waals surface area contributed by atoms with Crippen LogP contribution in [0.1, 0.15) is 10.6 Å². The van der Waals surface area contributed by atoms with Crippen LogP contribution in [0.2, 0.25) is 0 Å². The molecule has 0 saturated carbocycles. The van der Waals surface area contributed by atoms with Crippen molar-refractivity contribution < 1.29 is 22.3 Å². The van der Waals surface area contributed by atoms with Crippen LogP contribution in [-0.4, -0.2) is 26.5 Å². The van der Waals surface area contributed by atoms with E-state index in [1.165, 1.54) is 7.11 Å². The molecule has 2 aromatic rings. The predicted molar refractivity (Wildman–Crippen MR) is 79.8 cm³/mol. The van der Waals surface area contributed by atoms with Crippen LogP contribution in [0, 0.1) is 12.7 Å². The molecule has 1 aromatic heterocycles. The van der Waals surface area contributed by atoms with Gasteiger partial charge in [-0.25, -0.2) is 17.8 Å². The van der Waals surface area contributed by atoms with Gasteiger partial charge in [0.2, 0.25) is 0 Å². The lowest BCUT2D eigenvalue weighted by Gasteiger charge is -2.04. The van der Waals surface area contributed by atoms with Gasteiger partial charge in [-0.1, -0.05) is 0 Å². The number of nitrogens with one attached hydrogen (secondary N) is 1. The molecule has 6 nitrogen and oxygen atoms in total. The average molecular weight is 344 g/mol. The number of hydrogen-bond acceptors (Lipinski definition) is 6. The van der Waals surface area contributed by atoms with Crippen LogP contribution in [-0.2, 0) is 26.0 Å². The minimum atomic E-state index is -3.85. The van der Waals surface area contributed by atoms with Crippen LogP contribution in [0.5, 0.6) is 0 Å². The van der Waals surface area contributed by atoms with Gasteiger partial charge in [0.25, 0.3) is 10.0 Å². The molecule has 0 atom stereocenters. The van der Waals surface area contributed by atoms with Gasteiger partial charge in [-0.05, 0) is 31.2 Å². The topological polar surface area (TPSA) is 85.4 Å². The fraction of sp³-hybridized carbons (Fsp3) is 0.231. The third-order valence-electron chi connectivity index (χ3n) is 2.77. The van der Waals surface area contributed by atoms with E-state index in [0.29, 0.717) is 10.6 Å². The van der Waals surface area contributed by atoms with E-state index in [9.17, 15) is 17.6 Å². The van der Waals surface area contributed by atoms with Gasteiger partial charge in [-0.15, -0.1) is 11.3 Å². The van der Waals surface area contributed by atoms with Crippen molar-refractivity contribution in [3.63, 3.8) is 0 Å². The lowest BCUT2D eigenvalue weighted by molar-refractivity contribution is -0.139. The lowest BCUT2D eigenvalue weighted by Crippen LogP contribution is -2.12. The quantitative estimate of drug-likeness (QED) is 0.840. The summed E-state index contributed by atoms with van der Waals surface area (Å²) in [6.07, 6.45) is 0.0261. The fourth-order valence-corrected chi connectivity index (χ4v) is 3.81. The molecule has 2 rings (SSSR count). The van der Waals surface area contributed by atoms with Crippen LogP contribution < -0.4 is 4.72 Å². The third-order valence-corrected chi connectivity index (χ3v) is 5.33. The summed E-state index contributed by atoms with van der Waals surface area (Å²) < 4.78 is 44.0. The second-order valence-electron chi connectivity index (χ2n) is 4.34. The highest BCUT2D eigenvalue weighted by Crippen LogP contribution is 2.25. The van der Waals surface area contributed by atoms with Gasteiger partial charge in [-0.3, -0.25) is 9.52 Å². The number of esters is 1. The van der Waals surface area contributed by atoms with Crippen LogP contribution in [0.3, 0.4) is 0 Å². The van der Waals surface area contributed by atoms with E-state index in [-0.39, 0.29) is 16.4 Å². The molecule has 0 radical (unpaired) electrons. The number of aromatic nitrogens is 1. The molecule has 0 aliphatic heterocycles. The van der Waals surface area contributed by atoms with Crippen molar-refractivity contribution >= 4 is 32.5 Å². The maximum Gasteiger partial charge on any atom is 0.310 e. The van der Waals surface area contributed by atoms with Crippen molar-refractivity contribution in [1.82, 2.24) is 4.98 Å². The summed E-state index contributed by atoms with van der Waals surface area (Å²) in [6.45, 7) is 1.67. The summed E-state index contributed by atoms with van der Waals surface area (Å²) in [5.74, 6) is -0.955. The normalized spacial score (nSPS) is 11.2. The van der Waals surface area contributed by atoms with E-state index in [0.717, 1.165) is 35.6 Å². The van der Waals surface area contributed by atoms with Gasteiger partial charge in [-0.2, -0.15) is 0 Å². The first kappa shape index (κ1) is 16.4. The Kier molecular flexibility index (Phi) is 4.77. The van der Waals surface area contributed by atoms with Crippen LogP contribution in [0.4, 0.5) is 9.52 Å². The number of ether oxygens (including phenoxy) is 1. The van der Waals surface area contributed by atoms with Gasteiger partial charge in [0.15, 0.2) is 5.13 Å². The van der Waals surface area contributed by atoms with Gasteiger partial charge in [0, 0.05) is 4.88 Å². The SMILES string of the molecule is COC(=O)Cc1sc(NS(=O)(=O)c2ccc(F)cc2)nc1C. The van der Waals surface area contributed by atoms with Gasteiger partial charge in [0.05, 0.1) is 24.1 Å². The Morgan fingerprint density at radius 3 is 2.59 bits per heavy atom. The number of anilines is 1. The Balaban J connectivity index is 2.21. The number of carbonyl (C=O) groups excluding carboxylic acids is 1. The zero-order chi connectivity index (χ0) is 16.3. The molecule has 0 unspecified atom stereocenters. The second kappa shape index (κ2) is 6.41. The predicted octanol–water partition coefficient (Wildman–Crippen LogP) is 2.11. The van der Waals surface area contributed by atoms with E-state index in [2.05, 4.69) is 14.4 Å². The van der Waals surface area contributed by atoms with Crippen molar-refractivity contribution in [2.75, 3.05) is 11.8 Å². The van der Waals surface area contributed by atoms with Gasteiger partial charge < -0.3 is 4.74 Å². The van der Waals surface area contributed by atoms with Crippen molar-refractivity contribution in [2.45, 2.75) is 18.2 Å². The smallest absolute Gasteiger partial charge is 0.310 e. The Morgan fingerprint density at radius 2 is 2.00 bits per heavy atom. The van der Waals surface area contributed by atoms with E-state index >= 15 is 0 Å². The number of carbonyl (C=O) groups is 1. The minimum absolute atomic E-state index is 0.0261. The molecule has 1 aromatic carbocycles. The molecular formula is C13H13FN2O4S2. The standard InChI is InChI=1S/C13H13FN2O4S2/c1-8-11(7-12(17)20-2)21-13(15-8)16-22(18,19)10-5-3-9(14)4-6-10/h3-6H,7H2,1-2H3,(H,15,16). The van der Waals surface area contributed by atoms with Crippen molar-refractivity contribution in [2.24, 2.45) is 0 Å². The van der Waals surface area contributed by atoms with Gasteiger partial charge >= 0.3 is 5.97 Å². The largest absolute Gasteiger partial charge is 0.469 e. The molecule has 0 amide bonds. The Bertz CT molecular complexity index is 785. The van der Waals surface area contributed by atoms with E-state index < -0.39 is 21.8 Å². The molecule has 0 fully saturated rings. The summed E-state index contributed by atoms with van der Waals surface area (Å²) in [6, 6.07) is 4.44. The molecule has 9 heteroatoms. The zero-order valence-corrected chi connectivity index (χ0v) is 13.4. The Labute approximate surface area is 131 Å². The maximum absolute atomic E-state index is 12.8. The summed E-state index contributed by atoms with van der Waals surface area (Å²) >= 11 is 1.05. The number of aryl methyl sites for hydroxylation is 1. The first-order valence-electron chi connectivity index (χ1n) is 6.13. The number of thiazole rings is 1. The molecule has 118 valence electrons. The Hall–Kier alpha value is -2.00. The number of hydrogen-bond donors (Lipinski definition) is 1.